The van der Waals surface area contributed by atoms with E-state index in [2.05, 4.69) is 15.3 Å². The van der Waals surface area contributed by atoms with Crippen LogP contribution in [-0.4, -0.2) is 43.6 Å². The first-order valence-corrected chi connectivity index (χ1v) is 7.27. The second kappa shape index (κ2) is 5.75. The Morgan fingerprint density at radius 1 is 1.35 bits per heavy atom. The second-order valence-corrected chi connectivity index (χ2v) is 5.64. The number of aryl methyl sites for hydroxylation is 1. The molecular formula is C16H19N5O2. The van der Waals surface area contributed by atoms with E-state index in [1.807, 2.05) is 44.1 Å². The van der Waals surface area contributed by atoms with Crippen LogP contribution in [0, 0.1) is 6.92 Å². The number of hydrogen-bond donors (Lipinski definition) is 1. The van der Waals surface area contributed by atoms with Gasteiger partial charge in [0.2, 0.25) is 5.95 Å². The highest BCUT2D eigenvalue weighted by Gasteiger charge is 2.22. The van der Waals surface area contributed by atoms with Crippen LogP contribution in [-0.2, 0) is 4.79 Å². The number of amides is 1. The molecule has 120 valence electrons. The number of anilines is 4. The molecule has 0 aliphatic carbocycles. The molecule has 23 heavy (non-hydrogen) atoms. The third kappa shape index (κ3) is 2.90. The zero-order valence-corrected chi connectivity index (χ0v) is 13.6. The van der Waals surface area contributed by atoms with Gasteiger partial charge in [0, 0.05) is 38.6 Å². The van der Waals surface area contributed by atoms with Crippen LogP contribution in [0.2, 0.25) is 0 Å². The van der Waals surface area contributed by atoms with Gasteiger partial charge in [-0.15, -0.1) is 0 Å². The normalized spacial score (nSPS) is 13.4. The monoisotopic (exact) mass is 313 g/mol. The molecule has 3 rings (SSSR count). The summed E-state index contributed by atoms with van der Waals surface area (Å²) < 4.78 is 5.42. The summed E-state index contributed by atoms with van der Waals surface area (Å²) in [5, 5.41) is 3.17. The van der Waals surface area contributed by atoms with Gasteiger partial charge in [0.25, 0.3) is 5.91 Å². The van der Waals surface area contributed by atoms with Crippen LogP contribution >= 0.6 is 0 Å². The van der Waals surface area contributed by atoms with Crippen LogP contribution in [0.25, 0.3) is 0 Å². The third-order valence-corrected chi connectivity index (χ3v) is 3.67. The summed E-state index contributed by atoms with van der Waals surface area (Å²) in [5.41, 5.74) is 2.53. The fourth-order valence-corrected chi connectivity index (χ4v) is 2.43. The number of likely N-dealkylation sites (N-methyl/N-ethyl adjacent to an activating group) is 1. The van der Waals surface area contributed by atoms with Gasteiger partial charge >= 0.3 is 0 Å². The van der Waals surface area contributed by atoms with Gasteiger partial charge in [-0.1, -0.05) is 0 Å². The van der Waals surface area contributed by atoms with Gasteiger partial charge in [0.1, 0.15) is 11.6 Å². The zero-order chi connectivity index (χ0) is 16.6. The molecule has 0 fully saturated rings. The quantitative estimate of drug-likeness (QED) is 0.934. The predicted octanol–water partition coefficient (Wildman–Crippen LogP) is 1.95. The summed E-state index contributed by atoms with van der Waals surface area (Å²) in [6, 6.07) is 5.56. The summed E-state index contributed by atoms with van der Waals surface area (Å²) in [7, 11) is 5.62. The van der Waals surface area contributed by atoms with E-state index in [-0.39, 0.29) is 12.5 Å². The molecule has 0 spiro atoms. The van der Waals surface area contributed by atoms with Crippen LogP contribution in [0.5, 0.6) is 5.75 Å². The lowest BCUT2D eigenvalue weighted by atomic mass is 10.2. The highest BCUT2D eigenvalue weighted by atomic mass is 16.5. The standard InChI is InChI=1S/C16H19N5O2/c1-10-8-17-16(19-15(10)20(2)3)18-11-5-6-13-12(7-11)21(4)14(22)9-23-13/h5-8H,9H2,1-4H3,(H,17,18,19). The molecule has 1 amide bonds. The Morgan fingerprint density at radius 2 is 2.13 bits per heavy atom. The number of carbonyl (C=O) groups excluding carboxylic acids is 1. The first kappa shape index (κ1) is 15.1. The van der Waals surface area contributed by atoms with E-state index >= 15 is 0 Å². The van der Waals surface area contributed by atoms with Crippen molar-refractivity contribution in [3.8, 4) is 5.75 Å². The van der Waals surface area contributed by atoms with Crippen molar-refractivity contribution >= 4 is 29.0 Å². The Kier molecular flexibility index (Phi) is 3.77. The van der Waals surface area contributed by atoms with Gasteiger partial charge in [0.15, 0.2) is 6.61 Å². The number of hydrogen-bond acceptors (Lipinski definition) is 6. The maximum absolute atomic E-state index is 11.7. The Morgan fingerprint density at radius 3 is 2.87 bits per heavy atom. The minimum Gasteiger partial charge on any atom is -0.482 e. The summed E-state index contributed by atoms with van der Waals surface area (Å²) in [4.78, 5) is 24.1. The molecule has 1 aliphatic heterocycles. The molecule has 0 radical (unpaired) electrons. The average Bonchev–Trinajstić information content (AvgIpc) is 2.53. The van der Waals surface area contributed by atoms with Crippen molar-refractivity contribution in [3.63, 3.8) is 0 Å². The zero-order valence-electron chi connectivity index (χ0n) is 13.6. The Bertz CT molecular complexity index is 760. The Labute approximate surface area is 134 Å². The summed E-state index contributed by atoms with van der Waals surface area (Å²) in [6.07, 6.45) is 1.78. The van der Waals surface area contributed by atoms with E-state index in [9.17, 15) is 4.79 Å². The maximum Gasteiger partial charge on any atom is 0.264 e. The predicted molar refractivity (Wildman–Crippen MR) is 89.7 cm³/mol. The minimum atomic E-state index is -0.0730. The van der Waals surface area contributed by atoms with Crippen molar-refractivity contribution in [3.05, 3.63) is 30.0 Å². The summed E-state index contributed by atoms with van der Waals surface area (Å²) in [6.45, 7) is 2.04. The number of carbonyl (C=O) groups is 1. The van der Waals surface area contributed by atoms with Crippen LogP contribution in [0.3, 0.4) is 0 Å². The van der Waals surface area contributed by atoms with E-state index in [1.54, 1.807) is 18.1 Å². The fourth-order valence-electron chi connectivity index (χ4n) is 2.43. The lowest BCUT2D eigenvalue weighted by molar-refractivity contribution is -0.120. The molecule has 1 N–H and O–H groups in total. The van der Waals surface area contributed by atoms with Gasteiger partial charge in [0.05, 0.1) is 5.69 Å². The molecule has 1 aliphatic rings. The van der Waals surface area contributed by atoms with Crippen molar-refractivity contribution in [2.45, 2.75) is 6.92 Å². The van der Waals surface area contributed by atoms with Gasteiger partial charge in [-0.25, -0.2) is 4.98 Å². The van der Waals surface area contributed by atoms with Gasteiger partial charge in [-0.3, -0.25) is 4.79 Å². The first-order valence-electron chi connectivity index (χ1n) is 7.27. The molecule has 1 aromatic heterocycles. The van der Waals surface area contributed by atoms with Crippen LogP contribution in [0.4, 0.5) is 23.1 Å². The minimum absolute atomic E-state index is 0.0730. The average molecular weight is 313 g/mol. The molecular weight excluding hydrogens is 294 g/mol. The Balaban J connectivity index is 1.89. The lowest BCUT2D eigenvalue weighted by Crippen LogP contribution is -2.35. The summed E-state index contributed by atoms with van der Waals surface area (Å²) >= 11 is 0. The van der Waals surface area contributed by atoms with Crippen molar-refractivity contribution in [2.75, 3.05) is 42.9 Å². The second-order valence-electron chi connectivity index (χ2n) is 5.64. The molecule has 0 bridgehead atoms. The molecule has 2 aromatic rings. The highest BCUT2D eigenvalue weighted by Crippen LogP contribution is 2.34. The topological polar surface area (TPSA) is 70.6 Å². The van der Waals surface area contributed by atoms with Crippen molar-refractivity contribution in [1.29, 1.82) is 0 Å². The van der Waals surface area contributed by atoms with Crippen LogP contribution in [0.1, 0.15) is 5.56 Å². The number of nitrogens with zero attached hydrogens (tertiary/aromatic N) is 4. The van der Waals surface area contributed by atoms with E-state index in [0.29, 0.717) is 11.7 Å². The number of benzene rings is 1. The largest absolute Gasteiger partial charge is 0.482 e. The number of aromatic nitrogens is 2. The number of ether oxygens (including phenoxy) is 1. The molecule has 7 heteroatoms. The van der Waals surface area contributed by atoms with Crippen LogP contribution in [0.15, 0.2) is 24.4 Å². The molecule has 0 atom stereocenters. The molecule has 1 aromatic carbocycles. The molecule has 0 unspecified atom stereocenters. The van der Waals surface area contributed by atoms with E-state index < -0.39 is 0 Å². The van der Waals surface area contributed by atoms with Crippen molar-refractivity contribution in [2.24, 2.45) is 0 Å². The molecule has 7 nitrogen and oxygen atoms in total. The van der Waals surface area contributed by atoms with Gasteiger partial charge in [-0.05, 0) is 25.1 Å². The maximum atomic E-state index is 11.7. The van der Waals surface area contributed by atoms with Gasteiger partial charge < -0.3 is 19.9 Å². The number of fused-ring (bicyclic) bond motifs is 1. The summed E-state index contributed by atoms with van der Waals surface area (Å²) in [5.74, 6) is 1.98. The van der Waals surface area contributed by atoms with Crippen molar-refractivity contribution in [1.82, 2.24) is 9.97 Å². The molecule has 0 saturated carbocycles. The molecule has 0 saturated heterocycles. The SMILES string of the molecule is Cc1cnc(Nc2ccc3c(c2)N(C)C(=O)CO3)nc1N(C)C. The highest BCUT2D eigenvalue weighted by molar-refractivity contribution is 5.98. The van der Waals surface area contributed by atoms with Crippen molar-refractivity contribution < 1.29 is 9.53 Å². The number of rotatable bonds is 3. The van der Waals surface area contributed by atoms with E-state index in [4.69, 9.17) is 4.74 Å². The molecule has 2 heterocycles. The fraction of sp³-hybridized carbons (Fsp3) is 0.312. The lowest BCUT2D eigenvalue weighted by Gasteiger charge is -2.26. The van der Waals surface area contributed by atoms with E-state index in [1.165, 1.54) is 0 Å². The Hall–Kier alpha value is -2.83. The number of nitrogens with one attached hydrogen (secondary N) is 1. The van der Waals surface area contributed by atoms with Gasteiger partial charge in [-0.2, -0.15) is 4.98 Å². The van der Waals surface area contributed by atoms with Crippen LogP contribution < -0.4 is 19.9 Å². The first-order chi connectivity index (χ1) is 11.0. The third-order valence-electron chi connectivity index (χ3n) is 3.67. The smallest absolute Gasteiger partial charge is 0.264 e. The van der Waals surface area contributed by atoms with E-state index in [0.717, 1.165) is 22.8 Å².